The Bertz CT molecular complexity index is 497. The van der Waals surface area contributed by atoms with Gasteiger partial charge in [-0.25, -0.2) is 13.6 Å². The number of nitrogen functional groups attached to an aromatic ring is 1. The Kier molecular flexibility index (Phi) is 3.11. The minimum absolute atomic E-state index is 0.0874. The van der Waals surface area contributed by atoms with E-state index in [9.17, 15) is 8.42 Å². The molecular weight excluding hydrogens is 248 g/mol. The van der Waals surface area contributed by atoms with Gasteiger partial charge in [-0.15, -0.1) is 11.8 Å². The fourth-order valence-corrected chi connectivity index (χ4v) is 3.46. The van der Waals surface area contributed by atoms with Crippen LogP contribution in [0, 0.1) is 0 Å². The number of benzene rings is 1. The van der Waals surface area contributed by atoms with Gasteiger partial charge in [0, 0.05) is 10.6 Å². The summed E-state index contributed by atoms with van der Waals surface area (Å²) in [6, 6.07) is 4.73. The highest BCUT2D eigenvalue weighted by Crippen LogP contribution is 2.33. The minimum atomic E-state index is -3.73. The second-order valence-corrected chi connectivity index (χ2v) is 6.40. The Morgan fingerprint density at radius 3 is 2.56 bits per heavy atom. The van der Waals surface area contributed by atoms with Crippen LogP contribution in [0.15, 0.2) is 28.0 Å². The lowest BCUT2D eigenvalue weighted by molar-refractivity contribution is 0.0455. The molecule has 1 fully saturated rings. The zero-order valence-electron chi connectivity index (χ0n) is 8.42. The van der Waals surface area contributed by atoms with E-state index in [1.807, 2.05) is 0 Å². The average Bonchev–Trinajstić information content (AvgIpc) is 2.11. The molecule has 0 unspecified atom stereocenters. The van der Waals surface area contributed by atoms with Crippen molar-refractivity contribution in [1.82, 2.24) is 0 Å². The third-order valence-corrected chi connectivity index (χ3v) is 4.47. The van der Waals surface area contributed by atoms with Crippen LogP contribution in [0.4, 0.5) is 5.69 Å². The van der Waals surface area contributed by atoms with Crippen LogP contribution in [0.5, 0.6) is 0 Å². The van der Waals surface area contributed by atoms with Crippen LogP contribution in [0.3, 0.4) is 0 Å². The summed E-state index contributed by atoms with van der Waals surface area (Å²) in [5, 5.41) is 5.43. The zero-order valence-corrected chi connectivity index (χ0v) is 10.1. The van der Waals surface area contributed by atoms with Crippen LogP contribution >= 0.6 is 11.8 Å². The fourth-order valence-electron chi connectivity index (χ4n) is 1.31. The van der Waals surface area contributed by atoms with Crippen molar-refractivity contribution >= 4 is 27.5 Å². The third kappa shape index (κ3) is 2.49. The topological polar surface area (TPSA) is 95.4 Å². The van der Waals surface area contributed by atoms with Crippen LogP contribution in [0.1, 0.15) is 0 Å². The smallest absolute Gasteiger partial charge is 0.239 e. The average molecular weight is 260 g/mol. The summed E-state index contributed by atoms with van der Waals surface area (Å²) in [4.78, 5) is 0.717. The first kappa shape index (κ1) is 11.7. The number of hydrogen-bond donors (Lipinski definition) is 2. The molecular formula is C9H12N2O3S2. The first-order chi connectivity index (χ1) is 7.47. The predicted molar refractivity (Wildman–Crippen MR) is 62.7 cm³/mol. The summed E-state index contributed by atoms with van der Waals surface area (Å²) in [5.41, 5.74) is 5.93. The monoisotopic (exact) mass is 260 g/mol. The number of primary sulfonamides is 1. The van der Waals surface area contributed by atoms with Crippen LogP contribution in [0.2, 0.25) is 0 Å². The van der Waals surface area contributed by atoms with Crippen molar-refractivity contribution in [2.45, 2.75) is 15.0 Å². The van der Waals surface area contributed by atoms with Gasteiger partial charge in [-0.05, 0) is 18.2 Å². The highest BCUT2D eigenvalue weighted by molar-refractivity contribution is 8.00. The van der Waals surface area contributed by atoms with Gasteiger partial charge in [-0.3, -0.25) is 0 Å². The second kappa shape index (κ2) is 4.25. The molecule has 16 heavy (non-hydrogen) atoms. The van der Waals surface area contributed by atoms with Gasteiger partial charge in [-0.2, -0.15) is 0 Å². The van der Waals surface area contributed by atoms with Gasteiger partial charge >= 0.3 is 0 Å². The van der Waals surface area contributed by atoms with Crippen molar-refractivity contribution in [1.29, 1.82) is 0 Å². The number of sulfonamides is 1. The van der Waals surface area contributed by atoms with Crippen molar-refractivity contribution in [3.63, 3.8) is 0 Å². The van der Waals surface area contributed by atoms with E-state index < -0.39 is 10.0 Å². The molecule has 0 atom stereocenters. The molecule has 7 heteroatoms. The SMILES string of the molecule is Nc1ccc(SC2COC2)c(S(N)(=O)=O)c1. The number of anilines is 1. The van der Waals surface area contributed by atoms with E-state index in [-0.39, 0.29) is 4.90 Å². The molecule has 0 amide bonds. The van der Waals surface area contributed by atoms with Crippen molar-refractivity contribution in [2.75, 3.05) is 18.9 Å². The molecule has 0 spiro atoms. The van der Waals surface area contributed by atoms with Gasteiger partial charge in [0.15, 0.2) is 0 Å². The fraction of sp³-hybridized carbons (Fsp3) is 0.333. The third-order valence-electron chi connectivity index (χ3n) is 2.18. The largest absolute Gasteiger partial charge is 0.399 e. The maximum Gasteiger partial charge on any atom is 0.239 e. The van der Waals surface area contributed by atoms with Gasteiger partial charge in [0.2, 0.25) is 10.0 Å². The van der Waals surface area contributed by atoms with E-state index in [0.717, 1.165) is 0 Å². The number of ether oxygens (including phenoxy) is 1. The molecule has 1 aromatic rings. The van der Waals surface area contributed by atoms with Crippen molar-refractivity contribution < 1.29 is 13.2 Å². The van der Waals surface area contributed by atoms with Crippen molar-refractivity contribution in [3.05, 3.63) is 18.2 Å². The molecule has 0 radical (unpaired) electrons. The summed E-state index contributed by atoms with van der Waals surface area (Å²) in [7, 11) is -3.73. The number of rotatable bonds is 3. The van der Waals surface area contributed by atoms with Gasteiger partial charge in [0.05, 0.1) is 23.4 Å². The van der Waals surface area contributed by atoms with E-state index in [1.54, 1.807) is 12.1 Å². The quantitative estimate of drug-likeness (QED) is 0.767. The maximum atomic E-state index is 11.4. The van der Waals surface area contributed by atoms with Crippen molar-refractivity contribution in [3.8, 4) is 0 Å². The lowest BCUT2D eigenvalue weighted by atomic mass is 10.3. The Labute approximate surface area is 98.2 Å². The Balaban J connectivity index is 2.35. The van der Waals surface area contributed by atoms with E-state index in [0.29, 0.717) is 29.0 Å². The van der Waals surface area contributed by atoms with E-state index >= 15 is 0 Å². The number of thioether (sulfide) groups is 1. The van der Waals surface area contributed by atoms with E-state index in [1.165, 1.54) is 17.8 Å². The zero-order chi connectivity index (χ0) is 11.8. The van der Waals surface area contributed by atoms with Crippen LogP contribution in [-0.2, 0) is 14.8 Å². The number of nitrogens with two attached hydrogens (primary N) is 2. The normalized spacial score (nSPS) is 17.1. The van der Waals surface area contributed by atoms with Crippen LogP contribution in [-0.4, -0.2) is 26.9 Å². The Morgan fingerprint density at radius 2 is 2.06 bits per heavy atom. The standard InChI is InChI=1S/C9H12N2O3S2/c10-6-1-2-8(15-7-4-14-5-7)9(3-6)16(11,12)13/h1-3,7H,4-5,10H2,(H2,11,12,13). The summed E-state index contributed by atoms with van der Waals surface area (Å²) >= 11 is 1.45. The molecule has 1 aromatic carbocycles. The highest BCUT2D eigenvalue weighted by Gasteiger charge is 2.23. The predicted octanol–water partition coefficient (Wildman–Crippen LogP) is 0.407. The molecule has 0 aliphatic carbocycles. The summed E-state index contributed by atoms with van der Waals surface area (Å²) < 4.78 is 27.8. The molecule has 88 valence electrons. The van der Waals surface area contributed by atoms with Crippen LogP contribution in [0.25, 0.3) is 0 Å². The Morgan fingerprint density at radius 1 is 1.38 bits per heavy atom. The lowest BCUT2D eigenvalue weighted by Gasteiger charge is -2.25. The van der Waals surface area contributed by atoms with Gasteiger partial charge in [0.1, 0.15) is 0 Å². The number of hydrogen-bond acceptors (Lipinski definition) is 5. The Hall–Kier alpha value is -0.760. The van der Waals surface area contributed by atoms with E-state index in [2.05, 4.69) is 0 Å². The minimum Gasteiger partial charge on any atom is -0.399 e. The maximum absolute atomic E-state index is 11.4. The molecule has 1 saturated heterocycles. The molecule has 0 bridgehead atoms. The summed E-state index contributed by atoms with van der Waals surface area (Å²) in [5.74, 6) is 0. The molecule has 2 rings (SSSR count). The molecule has 4 N–H and O–H groups in total. The molecule has 1 heterocycles. The molecule has 1 aliphatic rings. The first-order valence-electron chi connectivity index (χ1n) is 4.63. The molecule has 5 nitrogen and oxygen atoms in total. The summed E-state index contributed by atoms with van der Waals surface area (Å²) in [6.07, 6.45) is 0. The van der Waals surface area contributed by atoms with Gasteiger partial charge in [0.25, 0.3) is 0 Å². The molecule has 0 saturated carbocycles. The van der Waals surface area contributed by atoms with Crippen LogP contribution < -0.4 is 10.9 Å². The van der Waals surface area contributed by atoms with Gasteiger partial charge in [-0.1, -0.05) is 0 Å². The van der Waals surface area contributed by atoms with Crippen molar-refractivity contribution in [2.24, 2.45) is 5.14 Å². The molecule has 0 aromatic heterocycles. The summed E-state index contributed by atoms with van der Waals surface area (Å²) in [6.45, 7) is 1.28. The highest BCUT2D eigenvalue weighted by atomic mass is 32.2. The van der Waals surface area contributed by atoms with Gasteiger partial charge < -0.3 is 10.5 Å². The molecule has 1 aliphatic heterocycles. The van der Waals surface area contributed by atoms with E-state index in [4.69, 9.17) is 15.6 Å². The first-order valence-corrected chi connectivity index (χ1v) is 7.06. The lowest BCUT2D eigenvalue weighted by Crippen LogP contribution is -2.30. The second-order valence-electron chi connectivity index (χ2n) is 3.53.